The number of aliphatic hydroxyl groups excluding tert-OH is 1. The highest BCUT2D eigenvalue weighted by Crippen LogP contribution is 2.53. The van der Waals surface area contributed by atoms with E-state index in [4.69, 9.17) is 9.47 Å². The summed E-state index contributed by atoms with van der Waals surface area (Å²) >= 11 is 0. The zero-order valence-electron chi connectivity index (χ0n) is 25.7. The lowest BCUT2D eigenvalue weighted by Crippen LogP contribution is -2.55. The van der Waals surface area contributed by atoms with Gasteiger partial charge in [0.15, 0.2) is 0 Å². The van der Waals surface area contributed by atoms with Crippen LogP contribution in [-0.2, 0) is 28.7 Å². The van der Waals surface area contributed by atoms with Gasteiger partial charge in [-0.1, -0.05) is 68.0 Å². The van der Waals surface area contributed by atoms with Gasteiger partial charge in [0.1, 0.15) is 23.7 Å². The molecule has 238 valence electrons. The first kappa shape index (κ1) is 31.9. The minimum absolute atomic E-state index is 0.0584. The molecular weight excluding hydrogens is 562 g/mol. The van der Waals surface area contributed by atoms with Gasteiger partial charge in [-0.15, -0.1) is 0 Å². The number of unbranched alkanes of at least 4 members (excludes halogenated alkanes) is 3. The van der Waals surface area contributed by atoms with Crippen LogP contribution in [0.4, 0.5) is 0 Å². The van der Waals surface area contributed by atoms with Gasteiger partial charge in [-0.2, -0.15) is 0 Å². The number of carbonyl (C=O) groups excluding carboxylic acids is 4. The van der Waals surface area contributed by atoms with Crippen LogP contribution in [0.2, 0.25) is 0 Å². The third-order valence-corrected chi connectivity index (χ3v) is 9.27. The Balaban J connectivity index is 1.55. The Morgan fingerprint density at radius 2 is 1.80 bits per heavy atom. The summed E-state index contributed by atoms with van der Waals surface area (Å²) < 4.78 is 13.0. The van der Waals surface area contributed by atoms with Gasteiger partial charge < -0.3 is 29.7 Å². The molecular formula is C34H45N3O7. The van der Waals surface area contributed by atoms with Gasteiger partial charge >= 0.3 is 5.97 Å². The summed E-state index contributed by atoms with van der Waals surface area (Å²) in [7, 11) is 0. The highest BCUT2D eigenvalue weighted by molar-refractivity contribution is 5.99. The SMILES string of the molecule is CCCCN1CC=C[C@]23O[C@@H]4/C=C\CCC(=O)N[C@H](C)[C@@H](c5ccccc5)OC(=O)[C@@H]4[C@H]2C(=O)N(CCCCCO)[C@@H]3C1=O. The molecule has 2 saturated heterocycles. The number of rotatable bonds is 9. The average molecular weight is 608 g/mol. The normalized spacial score (nSPS) is 33.0. The fourth-order valence-corrected chi connectivity index (χ4v) is 7.11. The van der Waals surface area contributed by atoms with Gasteiger partial charge in [0.2, 0.25) is 17.7 Å². The molecule has 0 bridgehead atoms. The van der Waals surface area contributed by atoms with Crippen molar-refractivity contribution < 1.29 is 33.8 Å². The second kappa shape index (κ2) is 14.1. The van der Waals surface area contributed by atoms with E-state index in [1.807, 2.05) is 48.6 Å². The maximum atomic E-state index is 14.4. The second-order valence-corrected chi connectivity index (χ2v) is 12.3. The number of benzene rings is 1. The van der Waals surface area contributed by atoms with Crippen LogP contribution in [0.3, 0.4) is 0 Å². The number of hydrogen-bond donors (Lipinski definition) is 2. The molecule has 0 unspecified atom stereocenters. The predicted octanol–water partition coefficient (Wildman–Crippen LogP) is 3.07. The number of ether oxygens (including phenoxy) is 2. The van der Waals surface area contributed by atoms with E-state index in [-0.39, 0.29) is 30.7 Å². The molecule has 5 rings (SSSR count). The van der Waals surface area contributed by atoms with Gasteiger partial charge in [0, 0.05) is 32.7 Å². The molecule has 2 N–H and O–H groups in total. The van der Waals surface area contributed by atoms with Crippen molar-refractivity contribution in [2.24, 2.45) is 11.8 Å². The molecule has 4 aliphatic rings. The quantitative estimate of drug-likeness (QED) is 0.251. The van der Waals surface area contributed by atoms with E-state index < -0.39 is 47.7 Å². The van der Waals surface area contributed by atoms with Crippen molar-refractivity contribution in [3.63, 3.8) is 0 Å². The summed E-state index contributed by atoms with van der Waals surface area (Å²) in [4.78, 5) is 59.1. The molecule has 10 heteroatoms. The van der Waals surface area contributed by atoms with Gasteiger partial charge in [-0.05, 0) is 44.6 Å². The van der Waals surface area contributed by atoms with Crippen LogP contribution in [0.15, 0.2) is 54.6 Å². The fraction of sp³-hybridized carbons (Fsp3) is 0.588. The zero-order chi connectivity index (χ0) is 31.3. The van der Waals surface area contributed by atoms with Crippen LogP contribution in [0.5, 0.6) is 0 Å². The molecule has 0 saturated carbocycles. The van der Waals surface area contributed by atoms with Gasteiger partial charge in [0.05, 0.1) is 18.1 Å². The van der Waals surface area contributed by atoms with E-state index in [0.29, 0.717) is 45.3 Å². The largest absolute Gasteiger partial charge is 0.455 e. The number of esters is 1. The molecule has 3 amide bonds. The van der Waals surface area contributed by atoms with Crippen LogP contribution in [0.1, 0.15) is 70.5 Å². The molecule has 1 aromatic rings. The smallest absolute Gasteiger partial charge is 0.313 e. The molecule has 4 heterocycles. The van der Waals surface area contributed by atoms with Crippen molar-refractivity contribution in [2.45, 2.75) is 88.7 Å². The number of cyclic esters (lactones) is 1. The van der Waals surface area contributed by atoms with E-state index >= 15 is 0 Å². The van der Waals surface area contributed by atoms with Gasteiger partial charge in [0.25, 0.3) is 0 Å². The Morgan fingerprint density at radius 3 is 2.55 bits per heavy atom. The highest BCUT2D eigenvalue weighted by Gasteiger charge is 2.71. The number of nitrogens with one attached hydrogen (secondary N) is 1. The summed E-state index contributed by atoms with van der Waals surface area (Å²) in [5, 5.41) is 12.3. The molecule has 0 aromatic heterocycles. The van der Waals surface area contributed by atoms with Crippen molar-refractivity contribution in [1.29, 1.82) is 0 Å². The summed E-state index contributed by atoms with van der Waals surface area (Å²) in [6.45, 7) is 5.22. The highest BCUT2D eigenvalue weighted by atomic mass is 16.6. The third-order valence-electron chi connectivity index (χ3n) is 9.27. The van der Waals surface area contributed by atoms with Crippen molar-refractivity contribution in [2.75, 3.05) is 26.2 Å². The molecule has 1 spiro atoms. The number of amides is 3. The number of fused-ring (bicyclic) bond motifs is 2. The van der Waals surface area contributed by atoms with Crippen LogP contribution in [-0.4, -0.2) is 88.6 Å². The van der Waals surface area contributed by atoms with Gasteiger partial charge in [-0.25, -0.2) is 0 Å². The molecule has 44 heavy (non-hydrogen) atoms. The Morgan fingerprint density at radius 1 is 1.00 bits per heavy atom. The first-order valence-corrected chi connectivity index (χ1v) is 16.1. The number of hydrogen-bond acceptors (Lipinski definition) is 7. The number of nitrogens with zero attached hydrogens (tertiary/aromatic N) is 2. The van der Waals surface area contributed by atoms with Gasteiger partial charge in [-0.3, -0.25) is 19.2 Å². The zero-order valence-corrected chi connectivity index (χ0v) is 25.7. The topological polar surface area (TPSA) is 125 Å². The van der Waals surface area contributed by atoms with Crippen LogP contribution in [0, 0.1) is 11.8 Å². The molecule has 0 radical (unpaired) electrons. The van der Waals surface area contributed by atoms with E-state index in [9.17, 15) is 24.3 Å². The molecule has 2 fully saturated rings. The molecule has 0 aliphatic carbocycles. The number of carbonyl (C=O) groups is 4. The Hall–Kier alpha value is -3.50. The molecule has 4 aliphatic heterocycles. The maximum Gasteiger partial charge on any atom is 0.313 e. The summed E-state index contributed by atoms with van der Waals surface area (Å²) in [6.07, 6.45) is 10.0. The van der Waals surface area contributed by atoms with Crippen LogP contribution >= 0.6 is 0 Å². The van der Waals surface area contributed by atoms with Crippen molar-refractivity contribution >= 4 is 23.7 Å². The van der Waals surface area contributed by atoms with Crippen molar-refractivity contribution in [3.8, 4) is 0 Å². The minimum Gasteiger partial charge on any atom is -0.455 e. The lowest BCUT2D eigenvalue weighted by Gasteiger charge is -2.35. The molecule has 1 aromatic carbocycles. The van der Waals surface area contributed by atoms with Crippen molar-refractivity contribution in [1.82, 2.24) is 15.1 Å². The summed E-state index contributed by atoms with van der Waals surface area (Å²) in [5.41, 5.74) is -0.615. The predicted molar refractivity (Wildman–Crippen MR) is 163 cm³/mol. The molecule has 10 nitrogen and oxygen atoms in total. The average Bonchev–Trinajstić information content (AvgIpc) is 3.40. The van der Waals surface area contributed by atoms with E-state index in [1.165, 1.54) is 0 Å². The lowest BCUT2D eigenvalue weighted by atomic mass is 9.77. The monoisotopic (exact) mass is 607 g/mol. The third kappa shape index (κ3) is 6.19. The minimum atomic E-state index is -1.34. The Bertz CT molecular complexity index is 1270. The second-order valence-electron chi connectivity index (χ2n) is 12.3. The lowest BCUT2D eigenvalue weighted by molar-refractivity contribution is -0.161. The number of likely N-dealkylation sites (tertiary alicyclic amines) is 1. The van der Waals surface area contributed by atoms with E-state index in [0.717, 1.165) is 18.4 Å². The Kier molecular flexibility index (Phi) is 10.2. The summed E-state index contributed by atoms with van der Waals surface area (Å²) in [6, 6.07) is 7.82. The Labute approximate surface area is 259 Å². The van der Waals surface area contributed by atoms with E-state index in [2.05, 4.69) is 12.2 Å². The first-order chi connectivity index (χ1) is 21.3. The van der Waals surface area contributed by atoms with Crippen LogP contribution in [0.25, 0.3) is 0 Å². The number of aliphatic hydroxyl groups is 1. The standard InChI is InChI=1S/C34H45N3O7/c1-3-4-19-36-20-13-18-34-28(31(40)37(30(34)32(36)41)21-11-6-12-22-38)27-25(44-34)16-9-10-17-26(39)35-23(2)29(43-33(27)42)24-14-7-5-8-15-24/h5,7-9,13-16,18,23,25,27-30,38H,3-4,6,10-12,17,19-22H2,1-2H3,(H,35,39)/b16-9-/t23-,25-,27+,28+,29+,30-,34+/m1/s1. The maximum absolute atomic E-state index is 14.4. The van der Waals surface area contributed by atoms with E-state index in [1.54, 1.807) is 22.8 Å². The van der Waals surface area contributed by atoms with Crippen LogP contribution < -0.4 is 5.32 Å². The first-order valence-electron chi connectivity index (χ1n) is 16.1. The number of allylic oxidation sites excluding steroid dienone is 1. The fourth-order valence-electron chi connectivity index (χ4n) is 7.11. The molecule has 7 atom stereocenters. The summed E-state index contributed by atoms with van der Waals surface area (Å²) in [5.74, 6) is -3.17. The van der Waals surface area contributed by atoms with Crippen molar-refractivity contribution in [3.05, 3.63) is 60.2 Å².